The summed E-state index contributed by atoms with van der Waals surface area (Å²) in [6, 6.07) is 5.56. The maximum atomic E-state index is 11.9. The second-order valence-electron chi connectivity index (χ2n) is 3.91. The Balaban J connectivity index is 2.48. The van der Waals surface area contributed by atoms with Crippen molar-refractivity contribution in [3.63, 3.8) is 0 Å². The molecule has 1 aromatic rings. The lowest BCUT2D eigenvalue weighted by molar-refractivity contribution is 0.0952. The van der Waals surface area contributed by atoms with E-state index in [0.29, 0.717) is 24.9 Å². The number of nitrogens with one attached hydrogen (secondary N) is 1. The second-order valence-corrected chi connectivity index (χ2v) is 4.83. The fraction of sp³-hybridized carbons (Fsp3) is 0.333. The van der Waals surface area contributed by atoms with Crippen molar-refractivity contribution >= 4 is 27.7 Å². The lowest BCUT2D eigenvalue weighted by atomic mass is 10.1. The van der Waals surface area contributed by atoms with Crippen molar-refractivity contribution in [2.24, 2.45) is 10.9 Å². The van der Waals surface area contributed by atoms with Gasteiger partial charge in [-0.25, -0.2) is 0 Å². The summed E-state index contributed by atoms with van der Waals surface area (Å²) < 4.78 is 0.870. The van der Waals surface area contributed by atoms with Gasteiger partial charge < -0.3 is 16.3 Å². The van der Waals surface area contributed by atoms with Crippen molar-refractivity contribution in [3.05, 3.63) is 33.8 Å². The second kappa shape index (κ2) is 7.00. The summed E-state index contributed by atoms with van der Waals surface area (Å²) in [5, 5.41) is 14.0. The number of nitrogens with two attached hydrogens (primary N) is 1. The molecular weight excluding hydrogens is 298 g/mol. The summed E-state index contributed by atoms with van der Waals surface area (Å²) in [4.78, 5) is 11.9. The fourth-order valence-electron chi connectivity index (χ4n) is 1.46. The van der Waals surface area contributed by atoms with Gasteiger partial charge in [-0.3, -0.25) is 4.79 Å². The third kappa shape index (κ3) is 4.37. The van der Waals surface area contributed by atoms with Gasteiger partial charge in [-0.2, -0.15) is 0 Å². The molecule has 4 N–H and O–H groups in total. The Labute approximate surface area is 114 Å². The Kier molecular flexibility index (Phi) is 5.64. The summed E-state index contributed by atoms with van der Waals surface area (Å²) in [6.45, 7) is 2.37. The first-order valence-corrected chi connectivity index (χ1v) is 6.34. The maximum absolute atomic E-state index is 11.9. The van der Waals surface area contributed by atoms with Gasteiger partial charge in [0.1, 0.15) is 5.84 Å². The predicted octanol–water partition coefficient (Wildman–Crippen LogP) is 2.01. The first kappa shape index (κ1) is 14.5. The Morgan fingerprint density at radius 3 is 2.94 bits per heavy atom. The standard InChI is InChI=1S/C12H16BrN3O2/c1-8-4-5-9(13)7-10(8)12(17)15-6-2-3-11(14)16-18/h4-5,7,18H,2-3,6H2,1H3,(H2,14,16)(H,15,17). The van der Waals surface area contributed by atoms with Crippen LogP contribution in [0.4, 0.5) is 0 Å². The van der Waals surface area contributed by atoms with Crippen molar-refractivity contribution in [1.29, 1.82) is 0 Å². The van der Waals surface area contributed by atoms with Gasteiger partial charge in [0.15, 0.2) is 0 Å². The van der Waals surface area contributed by atoms with E-state index in [9.17, 15) is 4.79 Å². The number of hydrogen-bond donors (Lipinski definition) is 3. The number of oxime groups is 1. The van der Waals surface area contributed by atoms with Gasteiger partial charge in [0, 0.05) is 23.0 Å². The highest BCUT2D eigenvalue weighted by molar-refractivity contribution is 9.10. The van der Waals surface area contributed by atoms with E-state index < -0.39 is 0 Å². The van der Waals surface area contributed by atoms with Crippen molar-refractivity contribution in [1.82, 2.24) is 5.32 Å². The molecule has 18 heavy (non-hydrogen) atoms. The van der Waals surface area contributed by atoms with Crippen LogP contribution in [0.5, 0.6) is 0 Å². The van der Waals surface area contributed by atoms with Crippen LogP contribution in [-0.2, 0) is 0 Å². The van der Waals surface area contributed by atoms with Crippen LogP contribution in [0.25, 0.3) is 0 Å². The molecule has 1 amide bonds. The number of carbonyl (C=O) groups excluding carboxylic acids is 1. The SMILES string of the molecule is Cc1ccc(Br)cc1C(=O)NCCCC(N)=NO. The molecule has 0 aliphatic heterocycles. The number of amidine groups is 1. The molecule has 0 bridgehead atoms. The molecule has 98 valence electrons. The highest BCUT2D eigenvalue weighted by atomic mass is 79.9. The first-order valence-electron chi connectivity index (χ1n) is 5.55. The number of aryl methyl sites for hydroxylation is 1. The largest absolute Gasteiger partial charge is 0.409 e. The lowest BCUT2D eigenvalue weighted by Gasteiger charge is -2.07. The van der Waals surface area contributed by atoms with Crippen LogP contribution in [0, 0.1) is 6.92 Å². The van der Waals surface area contributed by atoms with Crippen LogP contribution in [0.15, 0.2) is 27.8 Å². The molecule has 0 saturated heterocycles. The minimum atomic E-state index is -0.117. The Hall–Kier alpha value is -1.56. The summed E-state index contributed by atoms with van der Waals surface area (Å²) in [7, 11) is 0. The van der Waals surface area contributed by atoms with E-state index in [1.165, 1.54) is 0 Å². The molecule has 1 rings (SSSR count). The molecule has 0 aliphatic rings. The number of rotatable bonds is 5. The zero-order chi connectivity index (χ0) is 13.5. The number of hydrogen-bond acceptors (Lipinski definition) is 3. The molecule has 0 spiro atoms. The van der Waals surface area contributed by atoms with Crippen LogP contribution >= 0.6 is 15.9 Å². The quantitative estimate of drug-likeness (QED) is 0.255. The number of nitrogens with zero attached hydrogens (tertiary/aromatic N) is 1. The maximum Gasteiger partial charge on any atom is 0.251 e. The van der Waals surface area contributed by atoms with Gasteiger partial charge in [0.05, 0.1) is 0 Å². The van der Waals surface area contributed by atoms with Gasteiger partial charge in [0.25, 0.3) is 5.91 Å². The minimum Gasteiger partial charge on any atom is -0.409 e. The van der Waals surface area contributed by atoms with Crippen LogP contribution in [0.2, 0.25) is 0 Å². The molecule has 5 nitrogen and oxygen atoms in total. The first-order chi connectivity index (χ1) is 8.54. The van der Waals surface area contributed by atoms with Gasteiger partial charge in [0.2, 0.25) is 0 Å². The van der Waals surface area contributed by atoms with E-state index in [-0.39, 0.29) is 11.7 Å². The van der Waals surface area contributed by atoms with Crippen molar-refractivity contribution < 1.29 is 10.0 Å². The number of benzene rings is 1. The summed E-state index contributed by atoms with van der Waals surface area (Å²) in [6.07, 6.45) is 1.09. The average Bonchev–Trinajstić information content (AvgIpc) is 2.36. The van der Waals surface area contributed by atoms with Gasteiger partial charge in [-0.15, -0.1) is 0 Å². The molecule has 0 aliphatic carbocycles. The molecule has 0 saturated carbocycles. The molecule has 6 heteroatoms. The number of carbonyl (C=O) groups is 1. The average molecular weight is 314 g/mol. The predicted molar refractivity (Wildman–Crippen MR) is 73.9 cm³/mol. The normalized spacial score (nSPS) is 11.3. The van der Waals surface area contributed by atoms with E-state index in [4.69, 9.17) is 10.9 Å². The van der Waals surface area contributed by atoms with Crippen molar-refractivity contribution in [2.75, 3.05) is 6.54 Å². The van der Waals surface area contributed by atoms with Crippen LogP contribution in [0.1, 0.15) is 28.8 Å². The molecule has 0 atom stereocenters. The van der Waals surface area contributed by atoms with Crippen molar-refractivity contribution in [3.8, 4) is 0 Å². The van der Waals surface area contributed by atoms with Gasteiger partial charge in [-0.05, 0) is 31.0 Å². The molecule has 0 unspecified atom stereocenters. The van der Waals surface area contributed by atoms with E-state index in [1.807, 2.05) is 19.1 Å². The highest BCUT2D eigenvalue weighted by Gasteiger charge is 2.08. The zero-order valence-corrected chi connectivity index (χ0v) is 11.7. The number of amides is 1. The van der Waals surface area contributed by atoms with E-state index in [1.54, 1.807) is 6.07 Å². The van der Waals surface area contributed by atoms with E-state index >= 15 is 0 Å². The molecule has 0 heterocycles. The molecule has 1 aromatic carbocycles. The van der Waals surface area contributed by atoms with Crippen molar-refractivity contribution in [2.45, 2.75) is 19.8 Å². The number of halogens is 1. The molecule has 0 fully saturated rings. The van der Waals surface area contributed by atoms with Crippen LogP contribution in [0.3, 0.4) is 0 Å². The summed E-state index contributed by atoms with van der Waals surface area (Å²) >= 11 is 3.33. The van der Waals surface area contributed by atoms with Gasteiger partial charge >= 0.3 is 0 Å². The third-order valence-electron chi connectivity index (χ3n) is 2.47. The highest BCUT2D eigenvalue weighted by Crippen LogP contribution is 2.15. The topological polar surface area (TPSA) is 87.7 Å². The molecule has 0 radical (unpaired) electrons. The van der Waals surface area contributed by atoms with Gasteiger partial charge in [-0.1, -0.05) is 27.2 Å². The Morgan fingerprint density at radius 1 is 1.56 bits per heavy atom. The van der Waals surface area contributed by atoms with Crippen LogP contribution in [-0.4, -0.2) is 23.5 Å². The third-order valence-corrected chi connectivity index (χ3v) is 2.96. The smallest absolute Gasteiger partial charge is 0.251 e. The van der Waals surface area contributed by atoms with Crippen LogP contribution < -0.4 is 11.1 Å². The Morgan fingerprint density at radius 2 is 2.28 bits per heavy atom. The van der Waals surface area contributed by atoms with E-state index in [2.05, 4.69) is 26.4 Å². The minimum absolute atomic E-state index is 0.117. The fourth-order valence-corrected chi connectivity index (χ4v) is 1.82. The molecule has 0 aromatic heterocycles. The summed E-state index contributed by atoms with van der Waals surface area (Å²) in [5.74, 6) is 0.0520. The lowest BCUT2D eigenvalue weighted by Crippen LogP contribution is -2.26. The zero-order valence-electron chi connectivity index (χ0n) is 10.1. The Bertz CT molecular complexity index is 461. The monoisotopic (exact) mass is 313 g/mol. The summed E-state index contributed by atoms with van der Waals surface area (Å²) in [5.41, 5.74) is 6.90. The molecular formula is C12H16BrN3O2. The van der Waals surface area contributed by atoms with E-state index in [0.717, 1.165) is 10.0 Å².